The minimum absolute atomic E-state index is 0.0657. The standard InChI is InChI=1S/C5H11NO4S/c1-4(5(7)10-6)2-3-11(8)9/h4H,2-3,6H2,1H3,(H,8,9). The fourth-order valence-electron chi connectivity index (χ4n) is 0.512. The highest BCUT2D eigenvalue weighted by Crippen LogP contribution is 2.03. The monoisotopic (exact) mass is 181 g/mol. The molecular weight excluding hydrogens is 170 g/mol. The molecular formula is C5H11NO4S. The van der Waals surface area contributed by atoms with Crippen molar-refractivity contribution in [3.05, 3.63) is 0 Å². The van der Waals surface area contributed by atoms with E-state index in [1.165, 1.54) is 0 Å². The molecule has 5 nitrogen and oxygen atoms in total. The Labute approximate surface area is 67.1 Å². The second-order valence-corrected chi connectivity index (χ2v) is 3.20. The Hall–Kier alpha value is -0.460. The Kier molecular flexibility index (Phi) is 5.01. The van der Waals surface area contributed by atoms with Crippen LogP contribution < -0.4 is 5.90 Å². The molecule has 0 saturated heterocycles. The number of hydrogen-bond donors (Lipinski definition) is 2. The average Bonchev–Trinajstić information content (AvgIpc) is 1.98. The van der Waals surface area contributed by atoms with Crippen LogP contribution in [0.3, 0.4) is 0 Å². The summed E-state index contributed by atoms with van der Waals surface area (Å²) in [6.07, 6.45) is 0.305. The maximum absolute atomic E-state index is 10.6. The van der Waals surface area contributed by atoms with Crippen LogP contribution in [0, 0.1) is 5.92 Å². The molecule has 0 spiro atoms. The van der Waals surface area contributed by atoms with Crippen molar-refractivity contribution in [2.45, 2.75) is 13.3 Å². The van der Waals surface area contributed by atoms with E-state index in [0.29, 0.717) is 6.42 Å². The summed E-state index contributed by atoms with van der Waals surface area (Å²) >= 11 is -1.85. The zero-order chi connectivity index (χ0) is 8.85. The molecule has 0 amide bonds. The topological polar surface area (TPSA) is 89.6 Å². The summed E-state index contributed by atoms with van der Waals surface area (Å²) in [7, 11) is 0. The Morgan fingerprint density at radius 3 is 2.73 bits per heavy atom. The molecule has 0 aliphatic carbocycles. The average molecular weight is 181 g/mol. The van der Waals surface area contributed by atoms with Gasteiger partial charge in [-0.05, 0) is 6.42 Å². The predicted octanol–water partition coefficient (Wildman–Crippen LogP) is -0.349. The van der Waals surface area contributed by atoms with Gasteiger partial charge in [0, 0.05) is 0 Å². The lowest BCUT2D eigenvalue weighted by Crippen LogP contribution is -2.19. The van der Waals surface area contributed by atoms with Gasteiger partial charge in [-0.3, -0.25) is 4.79 Å². The molecule has 2 unspecified atom stereocenters. The smallest absolute Gasteiger partial charge is 0.327 e. The lowest BCUT2D eigenvalue weighted by Gasteiger charge is -2.04. The van der Waals surface area contributed by atoms with Crippen LogP contribution in [-0.2, 0) is 20.7 Å². The van der Waals surface area contributed by atoms with E-state index in [1.54, 1.807) is 6.92 Å². The normalized spacial score (nSPS) is 15.5. The molecule has 0 aromatic heterocycles. The molecule has 6 heteroatoms. The second-order valence-electron chi connectivity index (χ2n) is 2.15. The van der Waals surface area contributed by atoms with Gasteiger partial charge < -0.3 is 9.39 Å². The predicted molar refractivity (Wildman–Crippen MR) is 39.7 cm³/mol. The lowest BCUT2D eigenvalue weighted by atomic mass is 10.1. The SMILES string of the molecule is CC(CCS(=O)O)C(=O)ON. The molecule has 0 rings (SSSR count). The minimum atomic E-state index is -1.85. The van der Waals surface area contributed by atoms with E-state index in [2.05, 4.69) is 10.7 Å². The Bertz CT molecular complexity index is 161. The largest absolute Gasteiger partial charge is 0.373 e. The number of carbonyl (C=O) groups is 1. The summed E-state index contributed by atoms with van der Waals surface area (Å²) in [5.74, 6) is 3.68. The second kappa shape index (κ2) is 5.22. The van der Waals surface area contributed by atoms with E-state index < -0.39 is 23.0 Å². The van der Waals surface area contributed by atoms with Gasteiger partial charge in [-0.2, -0.15) is 5.90 Å². The first-order chi connectivity index (χ1) is 5.07. The van der Waals surface area contributed by atoms with E-state index in [4.69, 9.17) is 4.55 Å². The highest BCUT2D eigenvalue weighted by Gasteiger charge is 2.13. The number of nitrogens with two attached hydrogens (primary N) is 1. The van der Waals surface area contributed by atoms with Crippen LogP contribution in [0.1, 0.15) is 13.3 Å². The Morgan fingerprint density at radius 2 is 2.36 bits per heavy atom. The summed E-state index contributed by atoms with van der Waals surface area (Å²) < 4.78 is 18.5. The van der Waals surface area contributed by atoms with Crippen LogP contribution in [0.15, 0.2) is 0 Å². The van der Waals surface area contributed by atoms with E-state index >= 15 is 0 Å². The highest BCUT2D eigenvalue weighted by molar-refractivity contribution is 7.79. The van der Waals surface area contributed by atoms with Crippen molar-refractivity contribution in [3.63, 3.8) is 0 Å². The molecule has 0 aliphatic rings. The van der Waals surface area contributed by atoms with Gasteiger partial charge in [0.25, 0.3) is 0 Å². The molecule has 2 atom stereocenters. The van der Waals surface area contributed by atoms with Gasteiger partial charge in [0.2, 0.25) is 0 Å². The summed E-state index contributed by atoms with van der Waals surface area (Å²) in [4.78, 5) is 14.5. The third kappa shape index (κ3) is 4.88. The van der Waals surface area contributed by atoms with Gasteiger partial charge in [0.15, 0.2) is 11.1 Å². The van der Waals surface area contributed by atoms with Crippen LogP contribution in [0.5, 0.6) is 0 Å². The summed E-state index contributed by atoms with van der Waals surface area (Å²) in [5.41, 5.74) is 0. The molecule has 0 heterocycles. The Morgan fingerprint density at radius 1 is 1.82 bits per heavy atom. The van der Waals surface area contributed by atoms with Gasteiger partial charge in [0.05, 0.1) is 11.7 Å². The van der Waals surface area contributed by atoms with Crippen molar-refractivity contribution < 1.29 is 18.4 Å². The van der Waals surface area contributed by atoms with Crippen LogP contribution in [-0.4, -0.2) is 20.5 Å². The van der Waals surface area contributed by atoms with Crippen LogP contribution >= 0.6 is 0 Å². The summed E-state index contributed by atoms with van der Waals surface area (Å²) in [6.45, 7) is 1.59. The molecule has 0 aromatic carbocycles. The van der Waals surface area contributed by atoms with Gasteiger partial charge >= 0.3 is 5.97 Å². The first-order valence-electron chi connectivity index (χ1n) is 3.06. The van der Waals surface area contributed by atoms with Crippen LogP contribution in [0.25, 0.3) is 0 Å². The molecule has 0 fully saturated rings. The van der Waals surface area contributed by atoms with Gasteiger partial charge in [-0.1, -0.05) is 6.92 Å². The van der Waals surface area contributed by atoms with Crippen molar-refractivity contribution in [2.24, 2.45) is 11.8 Å². The number of rotatable bonds is 4. The zero-order valence-corrected chi connectivity index (χ0v) is 6.97. The van der Waals surface area contributed by atoms with Crippen LogP contribution in [0.4, 0.5) is 0 Å². The molecule has 0 saturated carbocycles. The van der Waals surface area contributed by atoms with Crippen molar-refractivity contribution in [2.75, 3.05) is 5.75 Å². The number of hydrogen-bond acceptors (Lipinski definition) is 4. The summed E-state index contributed by atoms with van der Waals surface area (Å²) in [6, 6.07) is 0. The van der Waals surface area contributed by atoms with E-state index in [0.717, 1.165) is 0 Å². The maximum atomic E-state index is 10.6. The van der Waals surface area contributed by atoms with Crippen molar-refractivity contribution >= 4 is 17.0 Å². The van der Waals surface area contributed by atoms with Gasteiger partial charge in [0.1, 0.15) is 0 Å². The maximum Gasteiger partial charge on any atom is 0.327 e. The van der Waals surface area contributed by atoms with Crippen molar-refractivity contribution in [1.29, 1.82) is 0 Å². The molecule has 11 heavy (non-hydrogen) atoms. The van der Waals surface area contributed by atoms with Crippen molar-refractivity contribution in [3.8, 4) is 0 Å². The van der Waals surface area contributed by atoms with Gasteiger partial charge in [-0.25, -0.2) is 4.21 Å². The van der Waals surface area contributed by atoms with Crippen molar-refractivity contribution in [1.82, 2.24) is 0 Å². The molecule has 3 N–H and O–H groups in total. The molecule has 0 aromatic rings. The quantitative estimate of drug-likeness (QED) is 0.457. The molecule has 66 valence electrons. The fourth-order valence-corrected chi connectivity index (χ4v) is 1.07. The minimum Gasteiger partial charge on any atom is -0.373 e. The summed E-state index contributed by atoms with van der Waals surface area (Å²) in [5, 5.41) is 0. The number of carbonyl (C=O) groups excluding carboxylic acids is 1. The first kappa shape index (κ1) is 10.5. The Balaban J connectivity index is 3.60. The third-order valence-corrected chi connectivity index (χ3v) is 1.83. The van der Waals surface area contributed by atoms with E-state index in [9.17, 15) is 9.00 Å². The van der Waals surface area contributed by atoms with Crippen LogP contribution in [0.2, 0.25) is 0 Å². The molecule has 0 aliphatic heterocycles. The van der Waals surface area contributed by atoms with E-state index in [-0.39, 0.29) is 5.75 Å². The first-order valence-corrected chi connectivity index (χ1v) is 4.33. The highest BCUT2D eigenvalue weighted by atomic mass is 32.2. The van der Waals surface area contributed by atoms with Gasteiger partial charge in [-0.15, -0.1) is 0 Å². The molecule has 0 radical (unpaired) electrons. The van der Waals surface area contributed by atoms with E-state index in [1.807, 2.05) is 0 Å². The zero-order valence-electron chi connectivity index (χ0n) is 6.15. The molecule has 0 bridgehead atoms. The lowest BCUT2D eigenvalue weighted by molar-refractivity contribution is -0.148. The third-order valence-electron chi connectivity index (χ3n) is 1.24. The fraction of sp³-hybridized carbons (Fsp3) is 0.800.